The van der Waals surface area contributed by atoms with Gasteiger partial charge < -0.3 is 10.2 Å². The molecule has 13 heavy (non-hydrogen) atoms. The van der Waals surface area contributed by atoms with Gasteiger partial charge in [-0.05, 0) is 0 Å². The maximum Gasteiger partial charge on any atom is 0.300 e. The number of hydrogen-bond donors (Lipinski definition) is 2. The Kier molecular flexibility index (Phi) is 2.24. The van der Waals surface area contributed by atoms with Gasteiger partial charge in [0.2, 0.25) is 0 Å². The molecule has 0 aliphatic heterocycles. The lowest BCUT2D eigenvalue weighted by molar-refractivity contribution is 0.577. The second kappa shape index (κ2) is 3.55. The van der Waals surface area contributed by atoms with Crippen molar-refractivity contribution in [3.8, 4) is 0 Å². The molecule has 2 rings (SSSR count). The number of hydrogen-bond acceptors (Lipinski definition) is 6. The Morgan fingerprint density at radius 3 is 3.15 bits per heavy atom. The molecule has 3 N–H and O–H groups in total. The molecule has 0 atom stereocenters. The van der Waals surface area contributed by atoms with Crippen molar-refractivity contribution >= 4 is 22.5 Å². The normalized spacial score (nSPS) is 10.2. The summed E-state index contributed by atoms with van der Waals surface area (Å²) >= 11 is 1.47. The summed E-state index contributed by atoms with van der Waals surface area (Å²) in [6.45, 7) is 0.448. The van der Waals surface area contributed by atoms with Crippen LogP contribution in [-0.2, 0) is 6.54 Å². The molecule has 2 heterocycles. The molecule has 0 aromatic carbocycles. The standard InChI is InChI=1S/C7H8N4OS/c8-3-5-4-13-7(10-5)11-6-9-1-2-12-6/h1-2,4H,3,8H2,(H,9,10,11). The molecule has 0 radical (unpaired) electrons. The van der Waals surface area contributed by atoms with Crippen LogP contribution in [0.25, 0.3) is 0 Å². The highest BCUT2D eigenvalue weighted by Crippen LogP contribution is 2.18. The molecular formula is C7H8N4OS. The average Bonchev–Trinajstić information content (AvgIpc) is 2.76. The SMILES string of the molecule is NCc1csc(Nc2ncco2)n1. The molecule has 0 amide bonds. The molecule has 0 fully saturated rings. The number of nitrogens with two attached hydrogens (primary N) is 1. The summed E-state index contributed by atoms with van der Waals surface area (Å²) in [4.78, 5) is 8.09. The Bertz CT molecular complexity index is 370. The number of rotatable bonds is 3. The molecule has 6 heteroatoms. The van der Waals surface area contributed by atoms with Gasteiger partial charge in [0.1, 0.15) is 6.26 Å². The second-order valence-electron chi connectivity index (χ2n) is 2.31. The van der Waals surface area contributed by atoms with E-state index < -0.39 is 0 Å². The van der Waals surface area contributed by atoms with Crippen molar-refractivity contribution in [2.75, 3.05) is 5.32 Å². The van der Waals surface area contributed by atoms with E-state index in [0.29, 0.717) is 12.6 Å². The van der Waals surface area contributed by atoms with Crippen LogP contribution >= 0.6 is 11.3 Å². The van der Waals surface area contributed by atoms with Crippen molar-refractivity contribution in [1.29, 1.82) is 0 Å². The topological polar surface area (TPSA) is 77.0 Å². The van der Waals surface area contributed by atoms with E-state index in [1.165, 1.54) is 17.6 Å². The fourth-order valence-corrected chi connectivity index (χ4v) is 1.55. The van der Waals surface area contributed by atoms with Crippen LogP contribution in [-0.4, -0.2) is 9.97 Å². The minimum atomic E-state index is 0.443. The first-order chi connectivity index (χ1) is 6.38. The largest absolute Gasteiger partial charge is 0.432 e. The van der Waals surface area contributed by atoms with Gasteiger partial charge in [0.05, 0.1) is 11.9 Å². The molecule has 0 aliphatic carbocycles. The van der Waals surface area contributed by atoms with Crippen molar-refractivity contribution in [1.82, 2.24) is 9.97 Å². The Labute approximate surface area is 78.6 Å². The minimum absolute atomic E-state index is 0.443. The maximum absolute atomic E-state index is 5.41. The van der Waals surface area contributed by atoms with E-state index in [1.807, 2.05) is 5.38 Å². The average molecular weight is 196 g/mol. The smallest absolute Gasteiger partial charge is 0.300 e. The zero-order valence-electron chi connectivity index (χ0n) is 6.73. The molecule has 5 nitrogen and oxygen atoms in total. The molecule has 68 valence electrons. The van der Waals surface area contributed by atoms with Crippen LogP contribution in [0.4, 0.5) is 11.1 Å². The van der Waals surface area contributed by atoms with Crippen LogP contribution in [0.1, 0.15) is 5.69 Å². The highest BCUT2D eigenvalue weighted by molar-refractivity contribution is 7.13. The number of nitrogens with zero attached hydrogens (tertiary/aromatic N) is 2. The van der Waals surface area contributed by atoms with E-state index in [4.69, 9.17) is 10.2 Å². The lowest BCUT2D eigenvalue weighted by Crippen LogP contribution is -1.96. The number of thiazole rings is 1. The number of anilines is 2. The van der Waals surface area contributed by atoms with E-state index in [0.717, 1.165) is 10.8 Å². The molecule has 0 saturated carbocycles. The highest BCUT2D eigenvalue weighted by Gasteiger charge is 2.02. The maximum atomic E-state index is 5.41. The summed E-state index contributed by atoms with van der Waals surface area (Å²) in [5.41, 5.74) is 6.27. The van der Waals surface area contributed by atoms with Crippen LogP contribution < -0.4 is 11.1 Å². The molecule has 2 aromatic heterocycles. The molecule has 0 unspecified atom stereocenters. The molecule has 0 aliphatic rings. The lowest BCUT2D eigenvalue weighted by atomic mass is 10.5. The van der Waals surface area contributed by atoms with E-state index in [1.54, 1.807) is 6.20 Å². The van der Waals surface area contributed by atoms with Gasteiger partial charge in [-0.25, -0.2) is 9.97 Å². The van der Waals surface area contributed by atoms with Gasteiger partial charge in [-0.2, -0.15) is 0 Å². The summed E-state index contributed by atoms with van der Waals surface area (Å²) in [5.74, 6) is 0. The van der Waals surface area contributed by atoms with Gasteiger partial charge in [0.15, 0.2) is 5.13 Å². The summed E-state index contributed by atoms with van der Waals surface area (Å²) in [6.07, 6.45) is 3.07. The summed E-state index contributed by atoms with van der Waals surface area (Å²) in [5, 5.41) is 5.55. The third-order valence-corrected chi connectivity index (χ3v) is 2.21. The van der Waals surface area contributed by atoms with E-state index >= 15 is 0 Å². The highest BCUT2D eigenvalue weighted by atomic mass is 32.1. The summed E-state index contributed by atoms with van der Waals surface area (Å²) in [6, 6.07) is 0.443. The van der Waals surface area contributed by atoms with Gasteiger partial charge in [0, 0.05) is 11.9 Å². The number of aromatic nitrogens is 2. The molecular weight excluding hydrogens is 188 g/mol. The zero-order chi connectivity index (χ0) is 9.10. The Morgan fingerprint density at radius 1 is 1.62 bits per heavy atom. The minimum Gasteiger partial charge on any atom is -0.432 e. The van der Waals surface area contributed by atoms with Crippen LogP contribution in [0.2, 0.25) is 0 Å². The number of nitrogens with one attached hydrogen (secondary N) is 1. The molecule has 0 saturated heterocycles. The van der Waals surface area contributed by atoms with Crippen molar-refractivity contribution in [3.63, 3.8) is 0 Å². The van der Waals surface area contributed by atoms with E-state index in [2.05, 4.69) is 15.3 Å². The second-order valence-corrected chi connectivity index (χ2v) is 3.17. The van der Waals surface area contributed by atoms with E-state index in [9.17, 15) is 0 Å². The van der Waals surface area contributed by atoms with Crippen LogP contribution in [0, 0.1) is 0 Å². The number of oxazole rings is 1. The lowest BCUT2D eigenvalue weighted by Gasteiger charge is -1.93. The van der Waals surface area contributed by atoms with E-state index in [-0.39, 0.29) is 0 Å². The van der Waals surface area contributed by atoms with Crippen LogP contribution in [0.3, 0.4) is 0 Å². The first kappa shape index (κ1) is 8.21. The van der Waals surface area contributed by atoms with Crippen molar-refractivity contribution in [3.05, 3.63) is 23.5 Å². The molecule has 2 aromatic rings. The fourth-order valence-electron chi connectivity index (χ4n) is 0.835. The fraction of sp³-hybridized carbons (Fsp3) is 0.143. The molecule has 0 bridgehead atoms. The predicted molar refractivity (Wildman–Crippen MR) is 49.8 cm³/mol. The predicted octanol–water partition coefficient (Wildman–Crippen LogP) is 1.33. The van der Waals surface area contributed by atoms with Gasteiger partial charge in [-0.1, -0.05) is 0 Å². The Balaban J connectivity index is 2.10. The van der Waals surface area contributed by atoms with Crippen molar-refractivity contribution in [2.45, 2.75) is 6.54 Å². The zero-order valence-corrected chi connectivity index (χ0v) is 7.54. The van der Waals surface area contributed by atoms with Gasteiger partial charge in [-0.15, -0.1) is 11.3 Å². The Morgan fingerprint density at radius 2 is 2.54 bits per heavy atom. The summed E-state index contributed by atoms with van der Waals surface area (Å²) < 4.78 is 4.99. The van der Waals surface area contributed by atoms with Gasteiger partial charge in [-0.3, -0.25) is 5.32 Å². The Hall–Kier alpha value is -1.40. The van der Waals surface area contributed by atoms with Crippen LogP contribution in [0.5, 0.6) is 0 Å². The third kappa shape index (κ3) is 1.85. The third-order valence-electron chi connectivity index (χ3n) is 1.41. The first-order valence-electron chi connectivity index (χ1n) is 3.69. The summed E-state index contributed by atoms with van der Waals surface area (Å²) in [7, 11) is 0. The van der Waals surface area contributed by atoms with Crippen molar-refractivity contribution in [2.24, 2.45) is 5.73 Å². The van der Waals surface area contributed by atoms with Crippen LogP contribution in [0.15, 0.2) is 22.3 Å². The monoisotopic (exact) mass is 196 g/mol. The van der Waals surface area contributed by atoms with Gasteiger partial charge >= 0.3 is 6.01 Å². The van der Waals surface area contributed by atoms with Crippen molar-refractivity contribution < 1.29 is 4.42 Å². The van der Waals surface area contributed by atoms with Gasteiger partial charge in [0.25, 0.3) is 0 Å². The molecule has 0 spiro atoms. The quantitative estimate of drug-likeness (QED) is 0.774. The first-order valence-corrected chi connectivity index (χ1v) is 4.57.